The summed E-state index contributed by atoms with van der Waals surface area (Å²) in [7, 11) is 0. The molecule has 1 fully saturated rings. The Hall–Kier alpha value is -1.10. The first-order chi connectivity index (χ1) is 9.88. The summed E-state index contributed by atoms with van der Waals surface area (Å²) in [6, 6.07) is 8.30. The van der Waals surface area contributed by atoms with Crippen molar-refractivity contribution in [1.82, 2.24) is 10.2 Å². The molecule has 1 N–H and O–H groups in total. The molecule has 0 bridgehead atoms. The van der Waals surface area contributed by atoms with E-state index in [1.165, 1.54) is 12.0 Å². The van der Waals surface area contributed by atoms with E-state index in [4.69, 9.17) is 9.47 Å². The van der Waals surface area contributed by atoms with Crippen LogP contribution < -0.4 is 10.1 Å². The van der Waals surface area contributed by atoms with E-state index in [9.17, 15) is 0 Å². The predicted molar refractivity (Wildman–Crippen MR) is 81.2 cm³/mol. The third kappa shape index (κ3) is 5.49. The second-order valence-corrected chi connectivity index (χ2v) is 5.06. The van der Waals surface area contributed by atoms with Gasteiger partial charge in [-0.25, -0.2) is 0 Å². The number of ether oxygens (including phenoxy) is 2. The molecular formula is C16H26N2O2. The van der Waals surface area contributed by atoms with E-state index in [2.05, 4.69) is 28.4 Å². The molecule has 4 heteroatoms. The molecule has 0 amide bonds. The Morgan fingerprint density at radius 2 is 2.15 bits per heavy atom. The van der Waals surface area contributed by atoms with Crippen molar-refractivity contribution >= 4 is 0 Å². The van der Waals surface area contributed by atoms with Gasteiger partial charge >= 0.3 is 0 Å². The molecule has 0 atom stereocenters. The molecule has 1 saturated heterocycles. The Morgan fingerprint density at radius 1 is 1.30 bits per heavy atom. The molecule has 0 spiro atoms. The van der Waals surface area contributed by atoms with Crippen LogP contribution in [0.4, 0.5) is 0 Å². The average molecular weight is 278 g/mol. The minimum Gasteiger partial charge on any atom is -0.494 e. The number of nitrogens with one attached hydrogen (secondary N) is 1. The van der Waals surface area contributed by atoms with Crippen LogP contribution in [0.2, 0.25) is 0 Å². The number of hydrogen-bond donors (Lipinski definition) is 1. The predicted octanol–water partition coefficient (Wildman–Crippen LogP) is 1.90. The smallest absolute Gasteiger partial charge is 0.119 e. The van der Waals surface area contributed by atoms with Gasteiger partial charge in [0.1, 0.15) is 5.75 Å². The van der Waals surface area contributed by atoms with Gasteiger partial charge in [-0.1, -0.05) is 12.1 Å². The molecule has 4 nitrogen and oxygen atoms in total. The lowest BCUT2D eigenvalue weighted by Gasteiger charge is -2.26. The topological polar surface area (TPSA) is 33.7 Å². The normalized spacial score (nSPS) is 16.2. The summed E-state index contributed by atoms with van der Waals surface area (Å²) in [6.07, 6.45) is 1.19. The van der Waals surface area contributed by atoms with Crippen LogP contribution in [0, 0.1) is 0 Å². The zero-order chi connectivity index (χ0) is 14.0. The van der Waals surface area contributed by atoms with E-state index in [1.54, 1.807) is 0 Å². The molecule has 1 aromatic rings. The summed E-state index contributed by atoms with van der Waals surface area (Å²) in [6.45, 7) is 9.78. The van der Waals surface area contributed by atoms with Crippen molar-refractivity contribution in [3.05, 3.63) is 29.8 Å². The van der Waals surface area contributed by atoms with Gasteiger partial charge in [0.15, 0.2) is 0 Å². The Morgan fingerprint density at radius 3 is 2.95 bits per heavy atom. The standard InChI is InChI=1S/C16H26N2O2/c1-2-20-16-6-3-5-15(13-16)14-17-7-4-8-18-9-11-19-12-10-18/h3,5-6,13,17H,2,4,7-12,14H2,1H3. The van der Waals surface area contributed by atoms with Gasteiger partial charge in [-0.2, -0.15) is 0 Å². The summed E-state index contributed by atoms with van der Waals surface area (Å²) >= 11 is 0. The molecular weight excluding hydrogens is 252 g/mol. The molecule has 0 aromatic heterocycles. The van der Waals surface area contributed by atoms with Crippen LogP contribution in [0.5, 0.6) is 5.75 Å². The quantitative estimate of drug-likeness (QED) is 0.736. The minimum absolute atomic E-state index is 0.719. The highest BCUT2D eigenvalue weighted by molar-refractivity contribution is 5.28. The summed E-state index contributed by atoms with van der Waals surface area (Å²) in [5, 5.41) is 3.50. The van der Waals surface area contributed by atoms with Crippen molar-refractivity contribution in [3.8, 4) is 5.75 Å². The third-order valence-corrected chi connectivity index (χ3v) is 3.47. The van der Waals surface area contributed by atoms with Gasteiger partial charge < -0.3 is 14.8 Å². The van der Waals surface area contributed by atoms with E-state index < -0.39 is 0 Å². The number of benzene rings is 1. The van der Waals surface area contributed by atoms with Gasteiger partial charge in [0, 0.05) is 19.6 Å². The van der Waals surface area contributed by atoms with Gasteiger partial charge in [-0.15, -0.1) is 0 Å². The maximum absolute atomic E-state index is 5.51. The fourth-order valence-corrected chi connectivity index (χ4v) is 2.40. The second-order valence-electron chi connectivity index (χ2n) is 5.06. The Balaban J connectivity index is 1.59. The fourth-order valence-electron chi connectivity index (χ4n) is 2.40. The number of rotatable bonds is 8. The molecule has 0 unspecified atom stereocenters. The first-order valence-corrected chi connectivity index (χ1v) is 7.61. The fraction of sp³-hybridized carbons (Fsp3) is 0.625. The van der Waals surface area contributed by atoms with Crippen LogP contribution in [-0.4, -0.2) is 50.9 Å². The number of morpholine rings is 1. The summed E-state index contributed by atoms with van der Waals surface area (Å²) in [5.41, 5.74) is 1.28. The summed E-state index contributed by atoms with van der Waals surface area (Å²) in [4.78, 5) is 2.47. The van der Waals surface area contributed by atoms with Crippen LogP contribution >= 0.6 is 0 Å². The molecule has 0 aliphatic carbocycles. The highest BCUT2D eigenvalue weighted by Crippen LogP contribution is 2.12. The Bertz CT molecular complexity index is 378. The average Bonchev–Trinajstić information content (AvgIpc) is 2.49. The van der Waals surface area contributed by atoms with Crippen LogP contribution in [0.25, 0.3) is 0 Å². The maximum Gasteiger partial charge on any atom is 0.119 e. The first kappa shape index (κ1) is 15.3. The molecule has 2 rings (SSSR count). The van der Waals surface area contributed by atoms with E-state index in [0.29, 0.717) is 0 Å². The molecule has 20 heavy (non-hydrogen) atoms. The van der Waals surface area contributed by atoms with Crippen LogP contribution in [0.1, 0.15) is 18.9 Å². The largest absolute Gasteiger partial charge is 0.494 e. The first-order valence-electron chi connectivity index (χ1n) is 7.61. The van der Waals surface area contributed by atoms with E-state index in [-0.39, 0.29) is 0 Å². The Kier molecular flexibility index (Phi) is 6.84. The van der Waals surface area contributed by atoms with E-state index in [1.807, 2.05) is 13.0 Å². The van der Waals surface area contributed by atoms with Crippen LogP contribution in [0.3, 0.4) is 0 Å². The van der Waals surface area contributed by atoms with Crippen molar-refractivity contribution in [1.29, 1.82) is 0 Å². The van der Waals surface area contributed by atoms with Crippen LogP contribution in [0.15, 0.2) is 24.3 Å². The molecule has 0 radical (unpaired) electrons. The van der Waals surface area contributed by atoms with Crippen molar-refractivity contribution in [3.63, 3.8) is 0 Å². The van der Waals surface area contributed by atoms with Crippen LogP contribution in [-0.2, 0) is 11.3 Å². The second kappa shape index (κ2) is 8.95. The van der Waals surface area contributed by atoms with Gasteiger partial charge in [-0.05, 0) is 44.1 Å². The Labute approximate surface area is 122 Å². The van der Waals surface area contributed by atoms with Gasteiger partial charge in [0.2, 0.25) is 0 Å². The molecule has 1 heterocycles. The zero-order valence-electron chi connectivity index (χ0n) is 12.4. The van der Waals surface area contributed by atoms with Gasteiger partial charge in [-0.3, -0.25) is 4.90 Å². The molecule has 0 saturated carbocycles. The zero-order valence-corrected chi connectivity index (χ0v) is 12.4. The lowest BCUT2D eigenvalue weighted by Crippen LogP contribution is -2.37. The lowest BCUT2D eigenvalue weighted by molar-refractivity contribution is 0.0374. The lowest BCUT2D eigenvalue weighted by atomic mass is 10.2. The monoisotopic (exact) mass is 278 g/mol. The van der Waals surface area contributed by atoms with Crippen molar-refractivity contribution in [2.75, 3.05) is 46.0 Å². The van der Waals surface area contributed by atoms with Crippen molar-refractivity contribution in [2.45, 2.75) is 19.9 Å². The minimum atomic E-state index is 0.719. The van der Waals surface area contributed by atoms with E-state index >= 15 is 0 Å². The molecule has 1 aliphatic rings. The summed E-state index contributed by atoms with van der Waals surface area (Å²) in [5.74, 6) is 0.958. The SMILES string of the molecule is CCOc1cccc(CNCCCN2CCOCC2)c1. The molecule has 112 valence electrons. The highest BCUT2D eigenvalue weighted by Gasteiger charge is 2.08. The van der Waals surface area contributed by atoms with Crippen molar-refractivity contribution < 1.29 is 9.47 Å². The van der Waals surface area contributed by atoms with Crippen molar-refractivity contribution in [2.24, 2.45) is 0 Å². The highest BCUT2D eigenvalue weighted by atomic mass is 16.5. The number of nitrogens with zero attached hydrogens (tertiary/aromatic N) is 1. The number of hydrogen-bond acceptors (Lipinski definition) is 4. The summed E-state index contributed by atoms with van der Waals surface area (Å²) < 4.78 is 10.9. The van der Waals surface area contributed by atoms with Gasteiger partial charge in [0.05, 0.1) is 19.8 Å². The molecule has 1 aromatic carbocycles. The maximum atomic E-state index is 5.51. The molecule has 1 aliphatic heterocycles. The third-order valence-electron chi connectivity index (χ3n) is 3.47. The van der Waals surface area contributed by atoms with E-state index in [0.717, 1.165) is 58.3 Å². The van der Waals surface area contributed by atoms with Gasteiger partial charge in [0.25, 0.3) is 0 Å².